The maximum Gasteiger partial charge on any atom is 0.325 e. The number of amides is 1. The molecule has 0 saturated carbocycles. The minimum atomic E-state index is -0.506. The summed E-state index contributed by atoms with van der Waals surface area (Å²) in [7, 11) is 0. The van der Waals surface area contributed by atoms with Crippen molar-refractivity contribution in [1.82, 2.24) is 5.32 Å². The number of hydrogen-bond acceptors (Lipinski definition) is 4. The van der Waals surface area contributed by atoms with Crippen LogP contribution in [-0.4, -0.2) is 18.4 Å². The van der Waals surface area contributed by atoms with E-state index in [0.717, 1.165) is 5.56 Å². The van der Waals surface area contributed by atoms with Crippen LogP contribution in [0.25, 0.3) is 0 Å². The van der Waals surface area contributed by atoms with Crippen LogP contribution < -0.4 is 5.32 Å². The number of furan rings is 1. The monoisotopic (exact) mass is 393 g/mol. The molecule has 128 valence electrons. The van der Waals surface area contributed by atoms with Gasteiger partial charge in [0.25, 0.3) is 5.91 Å². The van der Waals surface area contributed by atoms with Crippen molar-refractivity contribution in [3.8, 4) is 0 Å². The summed E-state index contributed by atoms with van der Waals surface area (Å²) < 4.78 is 10.7. The summed E-state index contributed by atoms with van der Waals surface area (Å²) in [5, 5.41) is 2.45. The summed E-state index contributed by atoms with van der Waals surface area (Å²) in [6.07, 6.45) is 0. The van der Waals surface area contributed by atoms with Crippen LogP contribution in [0.3, 0.4) is 0 Å². The Bertz CT molecular complexity index is 713. The average Bonchev–Trinajstić information content (AvgIpc) is 2.96. The molecule has 1 aromatic heterocycles. The van der Waals surface area contributed by atoms with Gasteiger partial charge in [-0.2, -0.15) is 0 Å². The molecule has 2 rings (SSSR count). The number of benzene rings is 1. The van der Waals surface area contributed by atoms with Crippen molar-refractivity contribution in [2.45, 2.75) is 32.8 Å². The largest absolute Gasteiger partial charge is 0.460 e. The molecule has 0 aliphatic heterocycles. The molecule has 1 N–H and O–H groups in total. The smallest absolute Gasteiger partial charge is 0.325 e. The summed E-state index contributed by atoms with van der Waals surface area (Å²) in [6.45, 7) is 6.38. The summed E-state index contributed by atoms with van der Waals surface area (Å²) >= 11 is 3.11. The lowest BCUT2D eigenvalue weighted by molar-refractivity contribution is -0.143. The fraction of sp³-hybridized carbons (Fsp3) is 0.333. The van der Waals surface area contributed by atoms with Gasteiger partial charge in [0.1, 0.15) is 13.2 Å². The van der Waals surface area contributed by atoms with E-state index >= 15 is 0 Å². The Kier molecular flexibility index (Phi) is 5.83. The molecule has 0 saturated heterocycles. The number of rotatable bonds is 5. The highest BCUT2D eigenvalue weighted by Gasteiger charge is 2.14. The van der Waals surface area contributed by atoms with Gasteiger partial charge in [-0.15, -0.1) is 0 Å². The third kappa shape index (κ3) is 5.23. The molecule has 0 atom stereocenters. The minimum Gasteiger partial charge on any atom is -0.460 e. The van der Waals surface area contributed by atoms with Gasteiger partial charge in [-0.3, -0.25) is 9.59 Å². The van der Waals surface area contributed by atoms with Crippen molar-refractivity contribution in [1.29, 1.82) is 0 Å². The lowest BCUT2D eigenvalue weighted by Crippen LogP contribution is -2.30. The molecule has 1 amide bonds. The maximum absolute atomic E-state index is 11.7. The van der Waals surface area contributed by atoms with E-state index in [4.69, 9.17) is 9.15 Å². The first-order chi connectivity index (χ1) is 11.3. The van der Waals surface area contributed by atoms with Gasteiger partial charge in [-0.1, -0.05) is 45.0 Å². The van der Waals surface area contributed by atoms with E-state index in [-0.39, 0.29) is 24.3 Å². The van der Waals surface area contributed by atoms with Gasteiger partial charge >= 0.3 is 5.97 Å². The molecule has 0 aliphatic rings. The summed E-state index contributed by atoms with van der Waals surface area (Å²) in [5.41, 5.74) is 2.20. The fourth-order valence-electron chi connectivity index (χ4n) is 1.99. The van der Waals surface area contributed by atoms with E-state index < -0.39 is 11.9 Å². The third-order valence-corrected chi connectivity index (χ3v) is 3.84. The van der Waals surface area contributed by atoms with Crippen LogP contribution in [0.1, 0.15) is 42.5 Å². The SMILES string of the molecule is CC(C)(C)c1ccc(COC(=O)CNC(=O)c2ccc(Br)o2)cc1. The first-order valence-corrected chi connectivity index (χ1v) is 8.33. The number of esters is 1. The lowest BCUT2D eigenvalue weighted by atomic mass is 9.87. The topological polar surface area (TPSA) is 68.5 Å². The molecule has 24 heavy (non-hydrogen) atoms. The molecule has 0 radical (unpaired) electrons. The Morgan fingerprint density at radius 3 is 2.33 bits per heavy atom. The van der Waals surface area contributed by atoms with Gasteiger partial charge in [0, 0.05) is 0 Å². The van der Waals surface area contributed by atoms with E-state index in [9.17, 15) is 9.59 Å². The average molecular weight is 394 g/mol. The molecule has 0 bridgehead atoms. The third-order valence-electron chi connectivity index (χ3n) is 3.41. The first kappa shape index (κ1) is 18.3. The van der Waals surface area contributed by atoms with E-state index in [0.29, 0.717) is 4.67 Å². The number of carbonyl (C=O) groups is 2. The van der Waals surface area contributed by atoms with E-state index in [2.05, 4.69) is 42.0 Å². The maximum atomic E-state index is 11.7. The van der Waals surface area contributed by atoms with Crippen LogP contribution in [-0.2, 0) is 21.6 Å². The highest BCUT2D eigenvalue weighted by molar-refractivity contribution is 9.10. The van der Waals surface area contributed by atoms with Gasteiger partial charge in [-0.05, 0) is 44.6 Å². The van der Waals surface area contributed by atoms with Crippen LogP contribution >= 0.6 is 15.9 Å². The molecule has 0 spiro atoms. The summed E-state index contributed by atoms with van der Waals surface area (Å²) in [4.78, 5) is 23.4. The zero-order valence-electron chi connectivity index (χ0n) is 13.9. The predicted octanol–water partition coefficient (Wildman–Crippen LogP) is 3.81. The van der Waals surface area contributed by atoms with E-state index in [1.165, 1.54) is 11.6 Å². The van der Waals surface area contributed by atoms with Gasteiger partial charge < -0.3 is 14.5 Å². The van der Waals surface area contributed by atoms with Crippen molar-refractivity contribution in [2.75, 3.05) is 6.54 Å². The second kappa shape index (κ2) is 7.66. The molecule has 2 aromatic rings. The molecule has 1 aromatic carbocycles. The highest BCUT2D eigenvalue weighted by Crippen LogP contribution is 2.22. The van der Waals surface area contributed by atoms with Gasteiger partial charge in [0.15, 0.2) is 10.4 Å². The van der Waals surface area contributed by atoms with Crippen LogP contribution in [0, 0.1) is 0 Å². The van der Waals surface area contributed by atoms with Crippen molar-refractivity contribution in [2.24, 2.45) is 0 Å². The quantitative estimate of drug-likeness (QED) is 0.784. The van der Waals surface area contributed by atoms with Gasteiger partial charge in [0.2, 0.25) is 0 Å². The summed E-state index contributed by atoms with van der Waals surface area (Å²) in [6, 6.07) is 11.1. The van der Waals surface area contributed by atoms with Crippen molar-refractivity contribution >= 4 is 27.8 Å². The van der Waals surface area contributed by atoms with Crippen LogP contribution in [0.2, 0.25) is 0 Å². The molecule has 5 nitrogen and oxygen atoms in total. The molecule has 0 unspecified atom stereocenters. The van der Waals surface area contributed by atoms with E-state index in [1.54, 1.807) is 6.07 Å². The Labute approximate surface area is 149 Å². The highest BCUT2D eigenvalue weighted by atomic mass is 79.9. The van der Waals surface area contributed by atoms with Crippen LogP contribution in [0.5, 0.6) is 0 Å². The van der Waals surface area contributed by atoms with Crippen molar-refractivity contribution in [3.63, 3.8) is 0 Å². The predicted molar refractivity (Wildman–Crippen MR) is 93.7 cm³/mol. The Morgan fingerprint density at radius 2 is 1.79 bits per heavy atom. The molecule has 6 heteroatoms. The first-order valence-electron chi connectivity index (χ1n) is 7.54. The second-order valence-corrected chi connectivity index (χ2v) is 7.18. The number of ether oxygens (including phenoxy) is 1. The standard InChI is InChI=1S/C18H20BrNO4/c1-18(2,3)13-6-4-12(5-7-13)11-23-16(21)10-20-17(22)14-8-9-15(19)24-14/h4-9H,10-11H2,1-3H3,(H,20,22). The Morgan fingerprint density at radius 1 is 1.12 bits per heavy atom. The second-order valence-electron chi connectivity index (χ2n) is 6.39. The zero-order chi connectivity index (χ0) is 17.7. The van der Waals surface area contributed by atoms with Gasteiger partial charge in [0.05, 0.1) is 0 Å². The number of carbonyl (C=O) groups excluding carboxylic acids is 2. The van der Waals surface area contributed by atoms with Crippen LogP contribution in [0.4, 0.5) is 0 Å². The molecular weight excluding hydrogens is 374 g/mol. The van der Waals surface area contributed by atoms with Crippen LogP contribution in [0.15, 0.2) is 45.5 Å². The Balaban J connectivity index is 1.78. The number of halogens is 1. The fourth-order valence-corrected chi connectivity index (χ4v) is 2.30. The zero-order valence-corrected chi connectivity index (χ0v) is 15.5. The molecular formula is C18H20BrNO4. The van der Waals surface area contributed by atoms with Crippen molar-refractivity contribution in [3.05, 3.63) is 58.0 Å². The minimum absolute atomic E-state index is 0.0837. The lowest BCUT2D eigenvalue weighted by Gasteiger charge is -2.19. The number of hydrogen-bond donors (Lipinski definition) is 1. The summed E-state index contributed by atoms with van der Waals surface area (Å²) in [5.74, 6) is -0.839. The van der Waals surface area contributed by atoms with Crippen molar-refractivity contribution < 1.29 is 18.7 Å². The number of nitrogens with one attached hydrogen (secondary N) is 1. The van der Waals surface area contributed by atoms with Gasteiger partial charge in [-0.25, -0.2) is 0 Å². The normalized spacial score (nSPS) is 11.2. The van der Waals surface area contributed by atoms with E-state index in [1.807, 2.05) is 24.3 Å². The molecule has 1 heterocycles. The molecule has 0 fully saturated rings. The Hall–Kier alpha value is -2.08. The molecule has 0 aliphatic carbocycles.